The highest BCUT2D eigenvalue weighted by molar-refractivity contribution is 6.30. The molecule has 2 amide bonds. The van der Waals surface area contributed by atoms with Gasteiger partial charge in [-0.3, -0.25) is 4.90 Å². The largest absolute Gasteiger partial charge is 0.492 e. The average Bonchev–Trinajstić information content (AvgIpc) is 3.22. The third kappa shape index (κ3) is 5.55. The van der Waals surface area contributed by atoms with E-state index in [0.29, 0.717) is 47.5 Å². The number of nitrogens with zero attached hydrogens (tertiary/aromatic N) is 1. The summed E-state index contributed by atoms with van der Waals surface area (Å²) in [6.45, 7) is 3.23. The average molecular weight is 434 g/mol. The van der Waals surface area contributed by atoms with Gasteiger partial charge in [0.25, 0.3) is 0 Å². The molecule has 1 aliphatic rings. The van der Waals surface area contributed by atoms with E-state index in [9.17, 15) is 9.59 Å². The van der Waals surface area contributed by atoms with Gasteiger partial charge in [-0.1, -0.05) is 17.7 Å². The van der Waals surface area contributed by atoms with Gasteiger partial charge in [-0.05, 0) is 44.3 Å². The number of likely N-dealkylation sites (N-methyl/N-ethyl adjacent to an activating group) is 1. The van der Waals surface area contributed by atoms with Gasteiger partial charge in [0.2, 0.25) is 0 Å². The summed E-state index contributed by atoms with van der Waals surface area (Å²) in [5.74, 6) is 0.623. The van der Waals surface area contributed by atoms with Gasteiger partial charge in [-0.2, -0.15) is 0 Å². The lowest BCUT2D eigenvalue weighted by molar-refractivity contribution is -0.139. The molecule has 1 aliphatic heterocycles. The molecule has 8 nitrogen and oxygen atoms in total. The minimum Gasteiger partial charge on any atom is -0.492 e. The van der Waals surface area contributed by atoms with Gasteiger partial charge in [-0.25, -0.2) is 9.59 Å². The van der Waals surface area contributed by atoms with Crippen LogP contribution >= 0.6 is 11.6 Å². The maximum atomic E-state index is 12.7. The minimum absolute atomic E-state index is 0.220. The first-order chi connectivity index (χ1) is 14.5. The van der Waals surface area contributed by atoms with Crippen LogP contribution < -0.4 is 15.4 Å². The summed E-state index contributed by atoms with van der Waals surface area (Å²) >= 11 is 5.96. The smallest absolute Gasteiger partial charge is 0.338 e. The fourth-order valence-electron chi connectivity index (χ4n) is 3.09. The molecule has 0 aliphatic carbocycles. The first-order valence-corrected chi connectivity index (χ1v) is 9.93. The zero-order valence-electron chi connectivity index (χ0n) is 16.8. The van der Waals surface area contributed by atoms with E-state index in [2.05, 4.69) is 10.6 Å². The highest BCUT2D eigenvalue weighted by Gasteiger charge is 2.35. The van der Waals surface area contributed by atoms with Crippen LogP contribution in [0.25, 0.3) is 0 Å². The van der Waals surface area contributed by atoms with Crippen LogP contribution in [0.5, 0.6) is 5.75 Å². The molecule has 1 atom stereocenters. The normalized spacial score (nSPS) is 16.3. The molecule has 0 bridgehead atoms. The lowest BCUT2D eigenvalue weighted by Gasteiger charge is -2.29. The first-order valence-electron chi connectivity index (χ1n) is 9.56. The maximum Gasteiger partial charge on any atom is 0.338 e. The van der Waals surface area contributed by atoms with Crippen LogP contribution in [0.1, 0.15) is 18.7 Å². The number of halogens is 1. The van der Waals surface area contributed by atoms with Gasteiger partial charge in [0.15, 0.2) is 0 Å². The fourth-order valence-corrected chi connectivity index (χ4v) is 3.27. The number of furan rings is 1. The molecule has 0 unspecified atom stereocenters. The topological polar surface area (TPSA) is 93.0 Å². The Bertz CT molecular complexity index is 913. The number of hydrogen-bond donors (Lipinski definition) is 2. The predicted octanol–water partition coefficient (Wildman–Crippen LogP) is 3.11. The summed E-state index contributed by atoms with van der Waals surface area (Å²) in [6, 6.07) is 9.43. The molecule has 160 valence electrons. The third-order valence-corrected chi connectivity index (χ3v) is 4.68. The van der Waals surface area contributed by atoms with Crippen molar-refractivity contribution >= 4 is 23.6 Å². The van der Waals surface area contributed by atoms with Gasteiger partial charge >= 0.3 is 12.0 Å². The minimum atomic E-state index is -0.723. The maximum absolute atomic E-state index is 12.7. The first kappa shape index (κ1) is 21.7. The molecule has 2 heterocycles. The monoisotopic (exact) mass is 433 g/mol. The zero-order valence-corrected chi connectivity index (χ0v) is 17.6. The van der Waals surface area contributed by atoms with Gasteiger partial charge in [0.05, 0.1) is 18.4 Å². The molecule has 0 fully saturated rings. The number of ether oxygens (including phenoxy) is 2. The lowest BCUT2D eigenvalue weighted by Crippen LogP contribution is -2.48. The van der Waals surface area contributed by atoms with Crippen LogP contribution in [0, 0.1) is 0 Å². The number of benzene rings is 1. The van der Waals surface area contributed by atoms with E-state index in [-0.39, 0.29) is 6.61 Å². The number of carbonyl (C=O) groups excluding carboxylic acids is 2. The standard InChI is InChI=1S/C21H24ClN3O5/c1-3-28-20(26)18-16(23-21(27)24-19(18)17-8-5-10-30-17)13-25(2)9-11-29-15-7-4-6-14(22)12-15/h4-8,10,12,19H,3,9,11,13H2,1-2H3,(H2,23,24,27)/t19-/m0/s1. The summed E-state index contributed by atoms with van der Waals surface area (Å²) in [5, 5.41) is 6.06. The number of hydrogen-bond acceptors (Lipinski definition) is 6. The molecule has 1 aromatic carbocycles. The molecule has 0 saturated heterocycles. The number of esters is 1. The Morgan fingerprint density at radius 3 is 2.83 bits per heavy atom. The van der Waals surface area contributed by atoms with Crippen LogP contribution in [0.15, 0.2) is 58.3 Å². The Balaban J connectivity index is 1.72. The molecular formula is C21H24ClN3O5. The van der Waals surface area contributed by atoms with Crippen molar-refractivity contribution in [3.8, 4) is 5.75 Å². The molecule has 30 heavy (non-hydrogen) atoms. The Hall–Kier alpha value is -2.97. The Morgan fingerprint density at radius 2 is 2.13 bits per heavy atom. The van der Waals surface area contributed by atoms with Crippen molar-refractivity contribution in [1.82, 2.24) is 15.5 Å². The van der Waals surface area contributed by atoms with Crippen molar-refractivity contribution in [2.45, 2.75) is 13.0 Å². The SMILES string of the molecule is CCOC(=O)C1=C(CN(C)CCOc2cccc(Cl)c2)NC(=O)N[C@H]1c1ccco1. The number of amides is 2. The Morgan fingerprint density at radius 1 is 1.30 bits per heavy atom. The molecule has 0 saturated carbocycles. The predicted molar refractivity (Wildman–Crippen MR) is 111 cm³/mol. The molecular weight excluding hydrogens is 410 g/mol. The summed E-state index contributed by atoms with van der Waals surface area (Å²) in [5.41, 5.74) is 0.776. The van der Waals surface area contributed by atoms with E-state index in [1.165, 1.54) is 6.26 Å². The van der Waals surface area contributed by atoms with Crippen molar-refractivity contribution in [3.05, 3.63) is 64.7 Å². The van der Waals surface area contributed by atoms with E-state index < -0.39 is 18.0 Å². The molecule has 2 N–H and O–H groups in total. The highest BCUT2D eigenvalue weighted by Crippen LogP contribution is 2.28. The number of carbonyl (C=O) groups is 2. The zero-order chi connectivity index (χ0) is 21.5. The molecule has 0 radical (unpaired) electrons. The van der Waals surface area contributed by atoms with E-state index in [1.54, 1.807) is 31.2 Å². The Labute approximate surface area is 179 Å². The van der Waals surface area contributed by atoms with Crippen molar-refractivity contribution in [2.75, 3.05) is 33.4 Å². The van der Waals surface area contributed by atoms with Crippen LogP contribution in [0.4, 0.5) is 4.79 Å². The molecule has 0 spiro atoms. The lowest BCUT2D eigenvalue weighted by atomic mass is 10.00. The van der Waals surface area contributed by atoms with E-state index >= 15 is 0 Å². The van der Waals surface area contributed by atoms with E-state index in [1.807, 2.05) is 24.1 Å². The summed E-state index contributed by atoms with van der Waals surface area (Å²) in [7, 11) is 1.87. The number of urea groups is 1. The van der Waals surface area contributed by atoms with Gasteiger partial charge in [0, 0.05) is 23.8 Å². The van der Waals surface area contributed by atoms with Crippen molar-refractivity contribution in [3.63, 3.8) is 0 Å². The second kappa shape index (κ2) is 10.2. The van der Waals surface area contributed by atoms with Gasteiger partial charge in [0.1, 0.15) is 24.2 Å². The quantitative estimate of drug-likeness (QED) is 0.590. The molecule has 2 aromatic rings. The Kier molecular flexibility index (Phi) is 7.37. The second-order valence-corrected chi connectivity index (χ2v) is 7.14. The van der Waals surface area contributed by atoms with Crippen LogP contribution in [-0.2, 0) is 9.53 Å². The van der Waals surface area contributed by atoms with Gasteiger partial charge in [-0.15, -0.1) is 0 Å². The highest BCUT2D eigenvalue weighted by atomic mass is 35.5. The van der Waals surface area contributed by atoms with Crippen LogP contribution in [-0.4, -0.2) is 50.3 Å². The third-order valence-electron chi connectivity index (χ3n) is 4.44. The van der Waals surface area contributed by atoms with Crippen LogP contribution in [0.3, 0.4) is 0 Å². The number of nitrogens with one attached hydrogen (secondary N) is 2. The summed E-state index contributed by atoms with van der Waals surface area (Å²) in [6.07, 6.45) is 1.49. The molecule has 3 rings (SSSR count). The second-order valence-electron chi connectivity index (χ2n) is 6.70. The van der Waals surface area contributed by atoms with E-state index in [4.69, 9.17) is 25.5 Å². The number of rotatable bonds is 9. The van der Waals surface area contributed by atoms with E-state index in [0.717, 1.165) is 0 Å². The van der Waals surface area contributed by atoms with Crippen LogP contribution in [0.2, 0.25) is 5.02 Å². The molecule has 9 heteroatoms. The van der Waals surface area contributed by atoms with Crippen molar-refractivity contribution < 1.29 is 23.5 Å². The van der Waals surface area contributed by atoms with Crippen molar-refractivity contribution in [2.24, 2.45) is 0 Å². The fraction of sp³-hybridized carbons (Fsp3) is 0.333. The summed E-state index contributed by atoms with van der Waals surface area (Å²) in [4.78, 5) is 26.8. The van der Waals surface area contributed by atoms with Crippen molar-refractivity contribution in [1.29, 1.82) is 0 Å². The molecule has 1 aromatic heterocycles. The summed E-state index contributed by atoms with van der Waals surface area (Å²) < 4.78 is 16.4. The van der Waals surface area contributed by atoms with Gasteiger partial charge < -0.3 is 24.5 Å².